The van der Waals surface area contributed by atoms with Crippen LogP contribution in [-0.4, -0.2) is 87.2 Å². The average Bonchev–Trinajstić information content (AvgIpc) is 3.41. The van der Waals surface area contributed by atoms with Gasteiger partial charge in [0.1, 0.15) is 6.26 Å². The highest BCUT2D eigenvalue weighted by Gasteiger charge is 2.39. The Morgan fingerprint density at radius 2 is 1.53 bits per heavy atom. The number of hydrogen-bond donors (Lipinski definition) is 1. The first-order valence-electron chi connectivity index (χ1n) is 11.3. The molecule has 3 amide bonds. The highest BCUT2D eigenvalue weighted by molar-refractivity contribution is 5.95. The van der Waals surface area contributed by atoms with Gasteiger partial charge in [-0.3, -0.25) is 24.2 Å². The Balaban J connectivity index is 0.00000103. The van der Waals surface area contributed by atoms with Gasteiger partial charge in [0.05, 0.1) is 11.8 Å². The molecule has 2 aromatic heterocycles. The van der Waals surface area contributed by atoms with Crippen LogP contribution in [0.25, 0.3) is 0 Å². The number of rotatable bonds is 3. The number of aromatic nitrogens is 1. The van der Waals surface area contributed by atoms with Gasteiger partial charge in [0.15, 0.2) is 0 Å². The monoisotopic (exact) mass is 470 g/mol. The number of piperazine rings is 1. The Morgan fingerprint density at radius 3 is 2.12 bits per heavy atom. The summed E-state index contributed by atoms with van der Waals surface area (Å²) in [4.78, 5) is 56.5. The third kappa shape index (κ3) is 5.44. The van der Waals surface area contributed by atoms with Crippen LogP contribution in [0.4, 0.5) is 0 Å². The van der Waals surface area contributed by atoms with Gasteiger partial charge in [-0.1, -0.05) is 0 Å². The fourth-order valence-corrected chi connectivity index (χ4v) is 4.53. The molecule has 0 aliphatic carbocycles. The molecule has 2 aliphatic heterocycles. The topological polar surface area (TPSA) is 124 Å². The van der Waals surface area contributed by atoms with E-state index in [0.29, 0.717) is 50.1 Å². The van der Waals surface area contributed by atoms with Crippen molar-refractivity contribution in [1.29, 1.82) is 0 Å². The van der Waals surface area contributed by atoms with E-state index in [1.165, 1.54) is 12.5 Å². The van der Waals surface area contributed by atoms with Crippen molar-refractivity contribution in [3.8, 4) is 0 Å². The van der Waals surface area contributed by atoms with Crippen molar-refractivity contribution in [2.75, 3.05) is 26.2 Å². The molecule has 0 saturated carbocycles. The van der Waals surface area contributed by atoms with Gasteiger partial charge in [0, 0.05) is 62.1 Å². The van der Waals surface area contributed by atoms with E-state index >= 15 is 0 Å². The third-order valence-corrected chi connectivity index (χ3v) is 6.63. The predicted octanol–water partition coefficient (Wildman–Crippen LogP) is 1.99. The Hall–Kier alpha value is -3.69. The summed E-state index contributed by atoms with van der Waals surface area (Å²) in [5.41, 5.74) is 1.16. The zero-order chi connectivity index (χ0) is 24.7. The molecule has 2 aromatic rings. The van der Waals surface area contributed by atoms with Crippen LogP contribution in [0.15, 0.2) is 47.5 Å². The van der Waals surface area contributed by atoms with Crippen molar-refractivity contribution < 1.29 is 28.7 Å². The van der Waals surface area contributed by atoms with Gasteiger partial charge in [-0.05, 0) is 44.9 Å². The molecule has 0 bridgehead atoms. The van der Waals surface area contributed by atoms with Crippen molar-refractivity contribution in [2.24, 2.45) is 5.92 Å². The van der Waals surface area contributed by atoms with Crippen molar-refractivity contribution in [1.82, 2.24) is 19.7 Å². The Labute approximate surface area is 198 Å². The summed E-state index contributed by atoms with van der Waals surface area (Å²) < 4.78 is 5.04. The van der Waals surface area contributed by atoms with E-state index in [9.17, 15) is 14.4 Å². The molecule has 10 nitrogen and oxygen atoms in total. The maximum atomic E-state index is 13.3. The number of hydrogen-bond acceptors (Lipinski definition) is 6. The maximum Gasteiger partial charge on any atom is 0.290 e. The molecule has 0 radical (unpaired) electrons. The highest BCUT2D eigenvalue weighted by atomic mass is 16.3. The number of pyridine rings is 1. The van der Waals surface area contributed by atoms with Gasteiger partial charge < -0.3 is 24.2 Å². The average molecular weight is 471 g/mol. The second kappa shape index (κ2) is 11.4. The summed E-state index contributed by atoms with van der Waals surface area (Å²) in [5.74, 6) is -0.0390. The van der Waals surface area contributed by atoms with Crippen LogP contribution in [0, 0.1) is 5.92 Å². The lowest BCUT2D eigenvalue weighted by Crippen LogP contribution is -2.61. The van der Waals surface area contributed by atoms with Crippen LogP contribution < -0.4 is 0 Å². The van der Waals surface area contributed by atoms with Crippen molar-refractivity contribution in [3.05, 3.63) is 54.2 Å². The minimum atomic E-state index is -0.250. The van der Waals surface area contributed by atoms with Gasteiger partial charge in [-0.15, -0.1) is 0 Å². The number of piperidine rings is 1. The first-order chi connectivity index (χ1) is 16.4. The van der Waals surface area contributed by atoms with E-state index in [1.807, 2.05) is 28.5 Å². The molecule has 2 aliphatic rings. The standard InChI is InChI=1S/C23H28N4O4.CH2O2/c1-16-17(2)27(23(30)20-7-14-31-15-20)13-12-26(16)22(29)19-5-10-25(11-6-19)21(28)18-3-8-24-9-4-18;2-1-3/h3-4,7-9,14-17,19H,5-6,10-13H2,1-2H3;1H,(H,2,3)/t16-,17+;/m0./s1. The van der Waals surface area contributed by atoms with Crippen molar-refractivity contribution in [2.45, 2.75) is 38.8 Å². The molecule has 2 atom stereocenters. The Morgan fingerprint density at radius 1 is 0.941 bits per heavy atom. The molecule has 34 heavy (non-hydrogen) atoms. The Bertz CT molecular complexity index is 973. The molecule has 0 spiro atoms. The summed E-state index contributed by atoms with van der Waals surface area (Å²) in [6.07, 6.45) is 7.49. The number of carboxylic acid groups (broad SMARTS) is 1. The van der Waals surface area contributed by atoms with E-state index in [1.54, 1.807) is 30.6 Å². The smallest absolute Gasteiger partial charge is 0.290 e. The van der Waals surface area contributed by atoms with Gasteiger partial charge >= 0.3 is 0 Å². The molecule has 0 aromatic carbocycles. The number of furan rings is 1. The van der Waals surface area contributed by atoms with Crippen molar-refractivity contribution >= 4 is 24.2 Å². The molecule has 4 heterocycles. The second-order valence-corrected chi connectivity index (χ2v) is 8.43. The molecule has 1 N–H and O–H groups in total. The van der Waals surface area contributed by atoms with Gasteiger partial charge in [0.25, 0.3) is 18.3 Å². The summed E-state index contributed by atoms with van der Waals surface area (Å²) in [6, 6.07) is 4.93. The number of carbonyl (C=O) groups is 4. The summed E-state index contributed by atoms with van der Waals surface area (Å²) in [7, 11) is 0. The Kier molecular flexibility index (Phi) is 8.39. The van der Waals surface area contributed by atoms with Gasteiger partial charge in [-0.2, -0.15) is 0 Å². The van der Waals surface area contributed by atoms with E-state index in [0.717, 1.165) is 0 Å². The number of likely N-dealkylation sites (tertiary alicyclic amines) is 1. The SMILES string of the molecule is C[C@@H]1[C@H](C)N(C(=O)C2CCN(C(=O)c3ccncc3)CC2)CCN1C(=O)c1ccoc1.O=CO. The van der Waals surface area contributed by atoms with E-state index in [2.05, 4.69) is 4.98 Å². The zero-order valence-corrected chi connectivity index (χ0v) is 19.4. The van der Waals surface area contributed by atoms with Gasteiger partial charge in [0.2, 0.25) is 5.91 Å². The lowest BCUT2D eigenvalue weighted by molar-refractivity contribution is -0.142. The van der Waals surface area contributed by atoms with E-state index in [4.69, 9.17) is 14.3 Å². The minimum absolute atomic E-state index is 0.0123. The zero-order valence-electron chi connectivity index (χ0n) is 19.4. The number of carbonyl (C=O) groups excluding carboxylic acids is 3. The predicted molar refractivity (Wildman–Crippen MR) is 122 cm³/mol. The molecule has 0 unspecified atom stereocenters. The quantitative estimate of drug-likeness (QED) is 0.680. The van der Waals surface area contributed by atoms with Crippen LogP contribution >= 0.6 is 0 Å². The summed E-state index contributed by atoms with van der Waals surface area (Å²) in [6.45, 7) is 5.89. The first-order valence-corrected chi connectivity index (χ1v) is 11.3. The second-order valence-electron chi connectivity index (χ2n) is 8.43. The third-order valence-electron chi connectivity index (χ3n) is 6.63. The molecule has 2 saturated heterocycles. The van der Waals surface area contributed by atoms with E-state index < -0.39 is 0 Å². The molecule has 2 fully saturated rings. The minimum Gasteiger partial charge on any atom is -0.483 e. The molecular weight excluding hydrogens is 440 g/mol. The van der Waals surface area contributed by atoms with Crippen LogP contribution in [0.3, 0.4) is 0 Å². The van der Waals surface area contributed by atoms with Crippen LogP contribution in [-0.2, 0) is 9.59 Å². The lowest BCUT2D eigenvalue weighted by Gasteiger charge is -2.46. The van der Waals surface area contributed by atoms with E-state index in [-0.39, 0.29) is 42.2 Å². The maximum absolute atomic E-state index is 13.3. The lowest BCUT2D eigenvalue weighted by atomic mass is 9.92. The number of nitrogens with zero attached hydrogens (tertiary/aromatic N) is 4. The summed E-state index contributed by atoms with van der Waals surface area (Å²) in [5, 5.41) is 6.89. The molecule has 10 heteroatoms. The fourth-order valence-electron chi connectivity index (χ4n) is 4.53. The highest BCUT2D eigenvalue weighted by Crippen LogP contribution is 2.26. The molecule has 4 rings (SSSR count). The van der Waals surface area contributed by atoms with Crippen LogP contribution in [0.1, 0.15) is 47.4 Å². The molecule has 182 valence electrons. The van der Waals surface area contributed by atoms with Crippen molar-refractivity contribution in [3.63, 3.8) is 0 Å². The van der Waals surface area contributed by atoms with Crippen LogP contribution in [0.2, 0.25) is 0 Å². The fraction of sp³-hybridized carbons (Fsp3) is 0.458. The largest absolute Gasteiger partial charge is 0.483 e. The summed E-state index contributed by atoms with van der Waals surface area (Å²) >= 11 is 0. The van der Waals surface area contributed by atoms with Gasteiger partial charge in [-0.25, -0.2) is 0 Å². The molecular formula is C24H30N4O6. The normalized spacial score (nSPS) is 20.8. The van der Waals surface area contributed by atoms with Crippen LogP contribution in [0.5, 0.6) is 0 Å². The first kappa shape index (κ1) is 24.9. The number of amides is 3.